The third-order valence-electron chi connectivity index (χ3n) is 3.22. The van der Waals surface area contributed by atoms with Gasteiger partial charge in [0.15, 0.2) is 0 Å². The van der Waals surface area contributed by atoms with Crippen molar-refractivity contribution in [3.63, 3.8) is 0 Å². The molecule has 0 nitrogen and oxygen atoms in total. The Labute approximate surface area is 146 Å². The molecule has 0 aliphatic rings. The molecule has 0 N–H and O–H groups in total. The van der Waals surface area contributed by atoms with Crippen LogP contribution < -0.4 is 6.07 Å². The molecule has 0 aliphatic heterocycles. The topological polar surface area (TPSA) is 0 Å². The van der Waals surface area contributed by atoms with Crippen molar-refractivity contribution in [3.8, 4) is 11.1 Å². The zero-order chi connectivity index (χ0) is 22.4. The third kappa shape index (κ3) is 3.27. The van der Waals surface area contributed by atoms with E-state index in [0.717, 1.165) is 0 Å². The summed E-state index contributed by atoms with van der Waals surface area (Å²) in [7, 11) is 0. The number of hydrogen-bond donors (Lipinski definition) is 0. The van der Waals surface area contributed by atoms with Gasteiger partial charge < -0.3 is 0 Å². The van der Waals surface area contributed by atoms with E-state index in [4.69, 9.17) is 0 Å². The summed E-state index contributed by atoms with van der Waals surface area (Å²) in [5.74, 6) is -25.0. The van der Waals surface area contributed by atoms with E-state index in [-0.39, 0.29) is 0 Å². The summed E-state index contributed by atoms with van der Waals surface area (Å²) in [4.78, 5) is 0. The maximum atomic E-state index is 14.1. The van der Waals surface area contributed by atoms with Gasteiger partial charge in [-0.25, -0.2) is 0 Å². The fraction of sp³-hybridized carbons (Fsp3) is 0. The first-order valence-corrected chi connectivity index (χ1v) is 9.16. The normalized spacial score (nSPS) is 10.8. The van der Waals surface area contributed by atoms with E-state index >= 15 is 0 Å². The minimum atomic E-state index is -3.45. The van der Waals surface area contributed by atoms with Gasteiger partial charge in [-0.3, -0.25) is 0 Å². The predicted molar refractivity (Wildman–Crippen MR) is 68.6 cm³/mol. The molecular weight excluding hydrogens is 678 g/mol. The maximum absolute atomic E-state index is 14.1. The molecule has 0 saturated heterocycles. The van der Waals surface area contributed by atoms with Crippen LogP contribution in [0.2, 0.25) is 0 Å². The Morgan fingerprint density at radius 3 is 1.14 bits per heavy atom. The zero-order valence-electron chi connectivity index (χ0n) is 12.7. The Morgan fingerprint density at radius 2 is 0.828 bits per heavy atom. The number of halogens is 13. The molecule has 2 rings (SSSR count). The summed E-state index contributed by atoms with van der Waals surface area (Å²) >= 11 is 0. The molecular formula is C15CfF13. The van der Waals surface area contributed by atoms with E-state index in [1.165, 1.54) is 0 Å². The van der Waals surface area contributed by atoms with Crippen molar-refractivity contribution in [1.29, 1.82) is 0 Å². The Morgan fingerprint density at radius 1 is 0.483 bits per heavy atom. The van der Waals surface area contributed by atoms with Crippen molar-refractivity contribution in [2.75, 3.05) is 0 Å². The predicted octanol–water partition coefficient (Wildman–Crippen LogP) is 5.74. The van der Waals surface area contributed by atoms with Gasteiger partial charge in [0.2, 0.25) is 0 Å². The number of hydrogen-bond acceptors (Lipinski definition) is 0. The van der Waals surface area contributed by atoms with Crippen molar-refractivity contribution in [2.24, 2.45) is 0 Å². The van der Waals surface area contributed by atoms with Crippen LogP contribution in [0.3, 0.4) is 0 Å². The van der Waals surface area contributed by atoms with Gasteiger partial charge in [-0.1, -0.05) is 0 Å². The van der Waals surface area contributed by atoms with Crippen LogP contribution in [0.15, 0.2) is 6.08 Å². The van der Waals surface area contributed by atoms with Crippen molar-refractivity contribution in [1.82, 2.24) is 0 Å². The molecule has 0 spiro atoms. The summed E-state index contributed by atoms with van der Waals surface area (Å²) in [6, 6.07) is -1.76. The SMILES string of the molecule is F[C](F)=[Cf][c]1c(F)c(F)c(-c2c(F)c(F)c(C(F)=C(F)F)c(F)c2F)c(F)c1F. The third-order valence-corrected chi connectivity index (χ3v) is 5.53. The molecule has 0 heterocycles. The minimum absolute atomic E-state index is 1.76. The van der Waals surface area contributed by atoms with Crippen molar-refractivity contribution < 1.29 is 57.1 Å². The van der Waals surface area contributed by atoms with Crippen LogP contribution in [-0.4, -0.2) is 6.93 Å². The molecule has 0 radical (unpaired) electrons. The summed E-state index contributed by atoms with van der Waals surface area (Å²) in [5.41, 5.74) is -7.41. The van der Waals surface area contributed by atoms with Gasteiger partial charge in [-0.2, -0.15) is 0 Å². The number of benzene rings is 2. The molecule has 29 heavy (non-hydrogen) atoms. The first-order chi connectivity index (χ1) is 13.3. The molecule has 0 atom stereocenters. The average Bonchev–Trinajstić information content (AvgIpc) is 2.64. The average molecular weight is 678 g/mol. The Bertz CT molecular complexity index is 1020. The second kappa shape index (κ2) is 7.28. The van der Waals surface area contributed by atoms with Crippen LogP contribution in [0.5, 0.6) is 0 Å². The van der Waals surface area contributed by atoms with Crippen LogP contribution in [0.1, 0.15) is 5.56 Å². The standard InChI is InChI=1S/C14F11.CF2.Cf/c15-2-1-3(16)8(18)4(7(2)17)5-9(19)11(21)6(12(22)10(5)20)13(23)14(24)25;2-1-3;. The van der Waals surface area contributed by atoms with Gasteiger partial charge >= 0.3 is 145 Å². The quantitative estimate of drug-likeness (QED) is 0.288. The van der Waals surface area contributed by atoms with Crippen LogP contribution >= 0.6 is 0 Å². The van der Waals surface area contributed by atoms with Gasteiger partial charge in [0, 0.05) is 0 Å². The summed E-state index contributed by atoms with van der Waals surface area (Å²) in [6.07, 6.45) is -3.41. The molecule has 0 aromatic heterocycles. The Hall–Kier alpha value is -3.86. The van der Waals surface area contributed by atoms with Crippen LogP contribution in [0.25, 0.3) is 17.0 Å². The van der Waals surface area contributed by atoms with Crippen molar-refractivity contribution in [3.05, 3.63) is 58.2 Å². The fourth-order valence-electron chi connectivity index (χ4n) is 2.08. The van der Waals surface area contributed by atoms with E-state index in [2.05, 4.69) is 0 Å². The Balaban J connectivity index is 3.02. The van der Waals surface area contributed by atoms with E-state index in [1.54, 1.807) is 0 Å². The molecule has 0 fully saturated rings. The molecule has 0 bridgehead atoms. The molecule has 0 amide bonds. The fourth-order valence-corrected chi connectivity index (χ4v) is 3.73. The van der Waals surface area contributed by atoms with Crippen molar-refractivity contribution >= 4 is 18.8 Å². The molecule has 161 valence electrons. The first-order valence-electron chi connectivity index (χ1n) is 6.52. The van der Waals surface area contributed by atoms with Crippen LogP contribution in [-0.2, 0) is 0 Å². The monoisotopic (exact) mass is 676 g/mol. The second-order valence-electron chi connectivity index (χ2n) is 4.76. The van der Waals surface area contributed by atoms with E-state index < -0.39 is 88.1 Å². The van der Waals surface area contributed by atoms with Gasteiger partial charge in [0.05, 0.1) is 0 Å². The van der Waals surface area contributed by atoms with Gasteiger partial charge in [-0.15, -0.1) is 0 Å². The second-order valence-corrected chi connectivity index (χ2v) is 7.73. The Kier molecular flexibility index (Phi) is 5.38. The van der Waals surface area contributed by atoms with Gasteiger partial charge in [-0.05, 0) is 0 Å². The van der Waals surface area contributed by atoms with Gasteiger partial charge in [0.1, 0.15) is 0 Å². The number of rotatable bonds is 3. The molecule has 0 aliphatic carbocycles. The zero-order valence-corrected chi connectivity index (χ0v) is 15.4. The van der Waals surface area contributed by atoms with E-state index in [9.17, 15) is 57.1 Å². The molecule has 0 unspecified atom stereocenters. The van der Waals surface area contributed by atoms with E-state index in [0.29, 0.717) is 0 Å². The van der Waals surface area contributed by atoms with Gasteiger partial charge in [0.25, 0.3) is 0 Å². The van der Waals surface area contributed by atoms with Crippen LogP contribution in [0, 0.1) is 46.5 Å². The molecule has 2 aromatic carbocycles. The summed E-state index contributed by atoms with van der Waals surface area (Å²) in [6.45, 7) is -2.57. The summed E-state index contributed by atoms with van der Waals surface area (Å²) < 4.78 is 170. The first kappa shape index (κ1) is 21.4. The van der Waals surface area contributed by atoms with E-state index in [1.807, 2.05) is 0 Å². The molecule has 0 saturated carbocycles. The molecule has 14 heteroatoms. The van der Waals surface area contributed by atoms with Crippen molar-refractivity contribution in [2.45, 2.75) is 0 Å². The molecule has 2 aromatic rings. The summed E-state index contributed by atoms with van der Waals surface area (Å²) in [5, 5.41) is 0. The van der Waals surface area contributed by atoms with Crippen LogP contribution in [0.4, 0.5) is 57.1 Å².